The molecule has 1 heterocycles. The SMILES string of the molecule is C=C(CN)CN1CCc2ccccc2CC1. The minimum absolute atomic E-state index is 0.601. The van der Waals surface area contributed by atoms with Crippen LogP contribution in [0.1, 0.15) is 11.1 Å². The van der Waals surface area contributed by atoms with Crippen molar-refractivity contribution in [3.05, 3.63) is 47.5 Å². The molecule has 0 amide bonds. The van der Waals surface area contributed by atoms with Crippen molar-refractivity contribution in [1.82, 2.24) is 4.90 Å². The van der Waals surface area contributed by atoms with Gasteiger partial charge in [0.25, 0.3) is 0 Å². The van der Waals surface area contributed by atoms with Gasteiger partial charge in [0.2, 0.25) is 0 Å². The predicted molar refractivity (Wildman–Crippen MR) is 68.5 cm³/mol. The molecule has 2 nitrogen and oxygen atoms in total. The molecular formula is C14H20N2. The summed E-state index contributed by atoms with van der Waals surface area (Å²) in [6.07, 6.45) is 2.29. The fourth-order valence-corrected chi connectivity index (χ4v) is 2.25. The van der Waals surface area contributed by atoms with Gasteiger partial charge in [-0.1, -0.05) is 30.8 Å². The van der Waals surface area contributed by atoms with Gasteiger partial charge in [0.15, 0.2) is 0 Å². The first-order chi connectivity index (χ1) is 7.79. The predicted octanol–water partition coefficient (Wildman–Crippen LogP) is 1.60. The van der Waals surface area contributed by atoms with Gasteiger partial charge in [-0.3, -0.25) is 4.90 Å². The number of nitrogens with two attached hydrogens (primary N) is 1. The molecular weight excluding hydrogens is 196 g/mol. The Hall–Kier alpha value is -1.12. The van der Waals surface area contributed by atoms with Crippen LogP contribution >= 0.6 is 0 Å². The molecule has 0 unspecified atom stereocenters. The molecule has 0 spiro atoms. The van der Waals surface area contributed by atoms with E-state index in [1.54, 1.807) is 0 Å². The first-order valence-corrected chi connectivity index (χ1v) is 5.95. The third-order valence-electron chi connectivity index (χ3n) is 3.25. The highest BCUT2D eigenvalue weighted by molar-refractivity contribution is 5.28. The van der Waals surface area contributed by atoms with E-state index >= 15 is 0 Å². The highest BCUT2D eigenvalue weighted by Gasteiger charge is 2.13. The van der Waals surface area contributed by atoms with Crippen LogP contribution in [0, 0.1) is 0 Å². The van der Waals surface area contributed by atoms with Gasteiger partial charge in [-0.15, -0.1) is 0 Å². The zero-order valence-electron chi connectivity index (χ0n) is 9.78. The average Bonchev–Trinajstić information content (AvgIpc) is 2.52. The lowest BCUT2D eigenvalue weighted by Crippen LogP contribution is -2.30. The zero-order chi connectivity index (χ0) is 11.4. The summed E-state index contributed by atoms with van der Waals surface area (Å²) in [5, 5.41) is 0. The van der Waals surface area contributed by atoms with Crippen molar-refractivity contribution in [2.75, 3.05) is 26.2 Å². The van der Waals surface area contributed by atoms with E-state index in [2.05, 4.69) is 35.7 Å². The number of hydrogen-bond donors (Lipinski definition) is 1. The molecule has 1 aliphatic rings. The van der Waals surface area contributed by atoms with Crippen LogP contribution in [-0.2, 0) is 12.8 Å². The van der Waals surface area contributed by atoms with Crippen molar-refractivity contribution in [3.8, 4) is 0 Å². The van der Waals surface area contributed by atoms with Gasteiger partial charge in [-0.2, -0.15) is 0 Å². The van der Waals surface area contributed by atoms with E-state index in [4.69, 9.17) is 5.73 Å². The summed E-state index contributed by atoms with van der Waals surface area (Å²) in [7, 11) is 0. The second kappa shape index (κ2) is 5.28. The molecule has 0 aliphatic carbocycles. The van der Waals surface area contributed by atoms with Crippen molar-refractivity contribution in [2.45, 2.75) is 12.8 Å². The largest absolute Gasteiger partial charge is 0.327 e. The molecule has 2 rings (SSSR count). The Balaban J connectivity index is 1.99. The Bertz CT molecular complexity index is 344. The summed E-state index contributed by atoms with van der Waals surface area (Å²) >= 11 is 0. The van der Waals surface area contributed by atoms with Crippen LogP contribution in [0.5, 0.6) is 0 Å². The number of hydrogen-bond acceptors (Lipinski definition) is 2. The monoisotopic (exact) mass is 216 g/mol. The Morgan fingerprint density at radius 2 is 1.75 bits per heavy atom. The summed E-state index contributed by atoms with van der Waals surface area (Å²) in [6, 6.07) is 8.76. The maximum Gasteiger partial charge on any atom is 0.0203 e. The van der Waals surface area contributed by atoms with Gasteiger partial charge >= 0.3 is 0 Å². The Kier molecular flexibility index (Phi) is 3.75. The van der Waals surface area contributed by atoms with E-state index in [9.17, 15) is 0 Å². The van der Waals surface area contributed by atoms with Crippen LogP contribution in [0.25, 0.3) is 0 Å². The Morgan fingerprint density at radius 3 is 2.25 bits per heavy atom. The topological polar surface area (TPSA) is 29.3 Å². The second-order valence-corrected chi connectivity index (χ2v) is 4.50. The normalized spacial score (nSPS) is 16.6. The molecule has 2 N–H and O–H groups in total. The van der Waals surface area contributed by atoms with Crippen molar-refractivity contribution in [3.63, 3.8) is 0 Å². The summed E-state index contributed by atoms with van der Waals surface area (Å²) in [6.45, 7) is 7.77. The number of rotatable bonds is 3. The lowest BCUT2D eigenvalue weighted by molar-refractivity contribution is 0.311. The molecule has 1 aromatic carbocycles. The van der Waals surface area contributed by atoms with Crippen LogP contribution in [0.4, 0.5) is 0 Å². The third kappa shape index (κ3) is 2.71. The summed E-state index contributed by atoms with van der Waals surface area (Å²) < 4.78 is 0. The lowest BCUT2D eigenvalue weighted by Gasteiger charge is -2.20. The molecule has 0 saturated carbocycles. The molecule has 1 aliphatic heterocycles. The van der Waals surface area contributed by atoms with Gasteiger partial charge in [0, 0.05) is 26.2 Å². The zero-order valence-corrected chi connectivity index (χ0v) is 9.78. The second-order valence-electron chi connectivity index (χ2n) is 4.50. The molecule has 1 aromatic rings. The van der Waals surface area contributed by atoms with Gasteiger partial charge in [0.05, 0.1) is 0 Å². The summed E-state index contributed by atoms with van der Waals surface area (Å²) in [5.41, 5.74) is 9.72. The molecule has 0 saturated heterocycles. The molecule has 16 heavy (non-hydrogen) atoms. The third-order valence-corrected chi connectivity index (χ3v) is 3.25. The molecule has 0 atom stereocenters. The van der Waals surface area contributed by atoms with Gasteiger partial charge < -0.3 is 5.73 Å². The smallest absolute Gasteiger partial charge is 0.0203 e. The van der Waals surface area contributed by atoms with Crippen molar-refractivity contribution in [1.29, 1.82) is 0 Å². The maximum absolute atomic E-state index is 5.59. The minimum Gasteiger partial charge on any atom is -0.327 e. The summed E-state index contributed by atoms with van der Waals surface area (Å²) in [4.78, 5) is 2.45. The minimum atomic E-state index is 0.601. The number of nitrogens with zero attached hydrogens (tertiary/aromatic N) is 1. The standard InChI is InChI=1S/C14H20N2/c1-12(10-15)11-16-8-6-13-4-2-3-5-14(13)7-9-16/h2-5H,1,6-11,15H2. The van der Waals surface area contributed by atoms with Crippen LogP contribution in [0.3, 0.4) is 0 Å². The van der Waals surface area contributed by atoms with E-state index in [0.717, 1.165) is 38.0 Å². The maximum atomic E-state index is 5.59. The van der Waals surface area contributed by atoms with Crippen LogP contribution < -0.4 is 5.73 Å². The van der Waals surface area contributed by atoms with Crippen molar-refractivity contribution < 1.29 is 0 Å². The van der Waals surface area contributed by atoms with E-state index < -0.39 is 0 Å². The molecule has 0 fully saturated rings. The molecule has 0 radical (unpaired) electrons. The number of benzene rings is 1. The van der Waals surface area contributed by atoms with Gasteiger partial charge in [-0.05, 0) is 29.5 Å². The van der Waals surface area contributed by atoms with Crippen LogP contribution in [-0.4, -0.2) is 31.1 Å². The van der Waals surface area contributed by atoms with E-state index in [1.807, 2.05) is 0 Å². The average molecular weight is 216 g/mol. The first kappa shape index (κ1) is 11.4. The molecule has 0 bridgehead atoms. The Labute approximate surface area is 97.8 Å². The fourth-order valence-electron chi connectivity index (χ4n) is 2.25. The van der Waals surface area contributed by atoms with Gasteiger partial charge in [0.1, 0.15) is 0 Å². The Morgan fingerprint density at radius 1 is 1.19 bits per heavy atom. The van der Waals surface area contributed by atoms with E-state index in [1.165, 1.54) is 11.1 Å². The number of fused-ring (bicyclic) bond motifs is 1. The highest BCUT2D eigenvalue weighted by Crippen LogP contribution is 2.15. The molecule has 0 aromatic heterocycles. The van der Waals surface area contributed by atoms with Crippen LogP contribution in [0.15, 0.2) is 36.4 Å². The van der Waals surface area contributed by atoms with E-state index in [0.29, 0.717) is 6.54 Å². The quantitative estimate of drug-likeness (QED) is 0.778. The highest BCUT2D eigenvalue weighted by atomic mass is 15.1. The fraction of sp³-hybridized carbons (Fsp3) is 0.429. The van der Waals surface area contributed by atoms with Crippen molar-refractivity contribution in [2.24, 2.45) is 5.73 Å². The van der Waals surface area contributed by atoms with Crippen LogP contribution in [0.2, 0.25) is 0 Å². The van der Waals surface area contributed by atoms with E-state index in [-0.39, 0.29) is 0 Å². The molecule has 86 valence electrons. The molecule has 2 heteroatoms. The van der Waals surface area contributed by atoms with Crippen molar-refractivity contribution >= 4 is 0 Å². The summed E-state index contributed by atoms with van der Waals surface area (Å²) in [5.74, 6) is 0. The first-order valence-electron chi connectivity index (χ1n) is 5.95. The lowest BCUT2D eigenvalue weighted by atomic mass is 10.0. The van der Waals surface area contributed by atoms with Gasteiger partial charge in [-0.25, -0.2) is 0 Å².